The van der Waals surface area contributed by atoms with Gasteiger partial charge in [-0.3, -0.25) is 9.59 Å². The van der Waals surface area contributed by atoms with Gasteiger partial charge in [-0.25, -0.2) is 0 Å². The summed E-state index contributed by atoms with van der Waals surface area (Å²) in [6.45, 7) is 4.51. The molecule has 0 heterocycles. The van der Waals surface area contributed by atoms with Gasteiger partial charge >= 0.3 is 11.9 Å². The van der Waals surface area contributed by atoms with E-state index in [0.29, 0.717) is 6.42 Å². The summed E-state index contributed by atoms with van der Waals surface area (Å²) in [7, 11) is 0. The van der Waals surface area contributed by atoms with Crippen LogP contribution in [-0.4, -0.2) is 23.1 Å². The fourth-order valence-electron chi connectivity index (χ4n) is 4.95. The minimum Gasteiger partial charge on any atom is -0.481 e. The van der Waals surface area contributed by atoms with E-state index in [1.807, 2.05) is 0 Å². The molecule has 0 aromatic rings. The van der Waals surface area contributed by atoms with Crippen molar-refractivity contribution >= 4 is 11.9 Å². The van der Waals surface area contributed by atoms with Gasteiger partial charge in [-0.05, 0) is 38.5 Å². The van der Waals surface area contributed by atoms with Crippen molar-refractivity contribution in [3.63, 3.8) is 0 Å². The molecule has 0 aliphatic carbocycles. The molecule has 0 amide bonds. The smallest absolute Gasteiger partial charge is 0.306 e. The maximum absolute atomic E-state index is 12.5. The lowest BCUT2D eigenvalue weighted by atomic mass is 10.0. The Morgan fingerprint density at radius 1 is 0.500 bits per heavy atom. The van der Waals surface area contributed by atoms with Crippen LogP contribution in [0.5, 0.6) is 0 Å². The zero-order valence-electron chi connectivity index (χ0n) is 24.3. The highest BCUT2D eigenvalue weighted by atomic mass is 16.5. The van der Waals surface area contributed by atoms with Gasteiger partial charge < -0.3 is 9.84 Å². The van der Waals surface area contributed by atoms with Crippen LogP contribution in [-0.2, 0) is 14.3 Å². The molecule has 0 saturated carbocycles. The monoisotopic (exact) mass is 510 g/mol. The van der Waals surface area contributed by atoms with Gasteiger partial charge in [0.25, 0.3) is 0 Å². The SMILES string of the molecule is CCCCCCCCCCCCCCC(=O)OC(CCCCCCCC)CCCCCCCC(=O)O. The molecule has 1 atom stereocenters. The predicted molar refractivity (Wildman–Crippen MR) is 154 cm³/mol. The number of unbranched alkanes of at least 4 members (excludes halogenated alkanes) is 20. The molecule has 0 aliphatic heterocycles. The fraction of sp³-hybridized carbons (Fsp3) is 0.938. The van der Waals surface area contributed by atoms with Crippen LogP contribution in [0.15, 0.2) is 0 Å². The first-order chi connectivity index (χ1) is 17.6. The molecule has 0 aromatic carbocycles. The number of ether oxygens (including phenoxy) is 1. The van der Waals surface area contributed by atoms with Crippen molar-refractivity contribution < 1.29 is 19.4 Å². The summed E-state index contributed by atoms with van der Waals surface area (Å²) in [6, 6.07) is 0. The molecule has 0 spiro atoms. The number of hydrogen-bond donors (Lipinski definition) is 1. The Morgan fingerprint density at radius 2 is 0.833 bits per heavy atom. The molecule has 0 aromatic heterocycles. The number of carboxylic acids is 1. The first-order valence-electron chi connectivity index (χ1n) is 16.0. The Morgan fingerprint density at radius 3 is 1.22 bits per heavy atom. The largest absolute Gasteiger partial charge is 0.481 e. The third-order valence-corrected chi connectivity index (χ3v) is 7.33. The van der Waals surface area contributed by atoms with E-state index < -0.39 is 5.97 Å². The highest BCUT2D eigenvalue weighted by Gasteiger charge is 2.14. The summed E-state index contributed by atoms with van der Waals surface area (Å²) in [4.78, 5) is 23.1. The lowest BCUT2D eigenvalue weighted by Crippen LogP contribution is -2.18. The number of carbonyl (C=O) groups is 2. The van der Waals surface area contributed by atoms with Crippen LogP contribution in [0.2, 0.25) is 0 Å². The molecule has 1 N–H and O–H groups in total. The van der Waals surface area contributed by atoms with E-state index in [0.717, 1.165) is 64.2 Å². The van der Waals surface area contributed by atoms with Crippen LogP contribution < -0.4 is 0 Å². The maximum atomic E-state index is 12.5. The zero-order chi connectivity index (χ0) is 26.5. The Labute approximate surface area is 224 Å². The molecule has 0 fully saturated rings. The van der Waals surface area contributed by atoms with E-state index >= 15 is 0 Å². The summed E-state index contributed by atoms with van der Waals surface area (Å²) >= 11 is 0. The van der Waals surface area contributed by atoms with Crippen LogP contribution in [0, 0.1) is 0 Å². The average molecular weight is 511 g/mol. The number of rotatable bonds is 29. The van der Waals surface area contributed by atoms with Crippen molar-refractivity contribution in [2.75, 3.05) is 0 Å². The average Bonchev–Trinajstić information content (AvgIpc) is 2.85. The van der Waals surface area contributed by atoms with Gasteiger partial charge in [-0.2, -0.15) is 0 Å². The molecule has 0 saturated heterocycles. The highest BCUT2D eigenvalue weighted by molar-refractivity contribution is 5.69. The first-order valence-corrected chi connectivity index (χ1v) is 16.0. The van der Waals surface area contributed by atoms with E-state index in [4.69, 9.17) is 9.84 Å². The van der Waals surface area contributed by atoms with Crippen LogP contribution in [0.4, 0.5) is 0 Å². The van der Waals surface area contributed by atoms with Crippen molar-refractivity contribution in [1.29, 1.82) is 0 Å². The quantitative estimate of drug-likeness (QED) is 0.0802. The van der Waals surface area contributed by atoms with Crippen LogP contribution in [0.3, 0.4) is 0 Å². The highest BCUT2D eigenvalue weighted by Crippen LogP contribution is 2.18. The van der Waals surface area contributed by atoms with Crippen molar-refractivity contribution in [2.45, 2.75) is 193 Å². The third-order valence-electron chi connectivity index (χ3n) is 7.33. The summed E-state index contributed by atoms with van der Waals surface area (Å²) < 4.78 is 5.92. The summed E-state index contributed by atoms with van der Waals surface area (Å²) in [5.74, 6) is -0.700. The van der Waals surface area contributed by atoms with E-state index in [-0.39, 0.29) is 18.5 Å². The Kier molecular flexibility index (Phi) is 27.7. The maximum Gasteiger partial charge on any atom is 0.306 e. The standard InChI is InChI=1S/C32H62O4/c1-3-5-7-9-11-12-13-14-15-16-21-25-29-32(35)36-30(26-22-18-10-8-6-4-2)27-23-19-17-20-24-28-31(33)34/h30H,3-29H2,1-2H3,(H,33,34). The van der Waals surface area contributed by atoms with Crippen molar-refractivity contribution in [3.8, 4) is 0 Å². The second-order valence-electron chi connectivity index (χ2n) is 11.0. The molecular formula is C32H62O4. The molecule has 0 radical (unpaired) electrons. The Bertz CT molecular complexity index is 477. The molecular weight excluding hydrogens is 448 g/mol. The fourth-order valence-corrected chi connectivity index (χ4v) is 4.95. The topological polar surface area (TPSA) is 63.6 Å². The van der Waals surface area contributed by atoms with Crippen molar-refractivity contribution in [2.24, 2.45) is 0 Å². The van der Waals surface area contributed by atoms with E-state index in [1.54, 1.807) is 0 Å². The normalized spacial score (nSPS) is 12.1. The van der Waals surface area contributed by atoms with Crippen LogP contribution in [0.25, 0.3) is 0 Å². The third kappa shape index (κ3) is 27.5. The number of aliphatic carboxylic acids is 1. The van der Waals surface area contributed by atoms with Crippen molar-refractivity contribution in [3.05, 3.63) is 0 Å². The van der Waals surface area contributed by atoms with E-state index in [9.17, 15) is 9.59 Å². The minimum absolute atomic E-state index is 0.000444. The molecule has 1 unspecified atom stereocenters. The molecule has 4 heteroatoms. The first kappa shape index (κ1) is 34.9. The van der Waals surface area contributed by atoms with Crippen molar-refractivity contribution in [1.82, 2.24) is 0 Å². The Hall–Kier alpha value is -1.06. The molecule has 0 aliphatic rings. The summed E-state index contributed by atoms with van der Waals surface area (Å²) in [5, 5.41) is 8.74. The second-order valence-corrected chi connectivity index (χ2v) is 11.0. The predicted octanol–water partition coefficient (Wildman–Crippen LogP) is 10.6. The van der Waals surface area contributed by atoms with E-state index in [2.05, 4.69) is 13.8 Å². The van der Waals surface area contributed by atoms with Gasteiger partial charge in [0.15, 0.2) is 0 Å². The van der Waals surface area contributed by atoms with Gasteiger partial charge in [0.05, 0.1) is 0 Å². The second kappa shape index (κ2) is 28.5. The summed E-state index contributed by atoms with van der Waals surface area (Å²) in [6.07, 6.45) is 31.1. The number of carboxylic acid groups (broad SMARTS) is 1. The van der Waals surface area contributed by atoms with Gasteiger partial charge in [-0.1, -0.05) is 136 Å². The number of esters is 1. The van der Waals surface area contributed by atoms with Gasteiger partial charge in [0, 0.05) is 12.8 Å². The van der Waals surface area contributed by atoms with Gasteiger partial charge in [0.2, 0.25) is 0 Å². The number of hydrogen-bond acceptors (Lipinski definition) is 3. The molecule has 0 bridgehead atoms. The lowest BCUT2D eigenvalue weighted by Gasteiger charge is -2.18. The van der Waals surface area contributed by atoms with Gasteiger partial charge in [-0.15, -0.1) is 0 Å². The molecule has 4 nitrogen and oxygen atoms in total. The lowest BCUT2D eigenvalue weighted by molar-refractivity contribution is -0.150. The van der Waals surface area contributed by atoms with Crippen LogP contribution in [0.1, 0.15) is 187 Å². The summed E-state index contributed by atoms with van der Waals surface area (Å²) in [5.41, 5.74) is 0. The van der Waals surface area contributed by atoms with Gasteiger partial charge in [0.1, 0.15) is 6.10 Å². The Balaban J connectivity index is 3.93. The van der Waals surface area contributed by atoms with E-state index in [1.165, 1.54) is 96.3 Å². The number of carbonyl (C=O) groups excluding carboxylic acids is 1. The van der Waals surface area contributed by atoms with Crippen LogP contribution >= 0.6 is 0 Å². The minimum atomic E-state index is -0.700. The molecule has 214 valence electrons. The zero-order valence-corrected chi connectivity index (χ0v) is 24.3. The molecule has 0 rings (SSSR count). The molecule has 36 heavy (non-hydrogen) atoms.